The van der Waals surface area contributed by atoms with Gasteiger partial charge in [-0.05, 0) is 0 Å². The zero-order valence-corrected chi connectivity index (χ0v) is 30.5. The van der Waals surface area contributed by atoms with Crippen LogP contribution in [-0.4, -0.2) is 54.0 Å². The summed E-state index contributed by atoms with van der Waals surface area (Å²) in [6.45, 7) is 3.72. The molecule has 44 heavy (non-hydrogen) atoms. The second-order valence-electron chi connectivity index (χ2n) is 12.6. The first-order chi connectivity index (χ1) is 21.3. The van der Waals surface area contributed by atoms with E-state index in [2.05, 4.69) is 17.6 Å². The predicted molar refractivity (Wildman–Crippen MR) is 178 cm³/mol. The van der Waals surface area contributed by atoms with Crippen molar-refractivity contribution in [3.05, 3.63) is 0 Å². The van der Waals surface area contributed by atoms with Gasteiger partial charge in [0.05, 0.1) is 0 Å². The summed E-state index contributed by atoms with van der Waals surface area (Å²) in [4.78, 5) is 24.5. The summed E-state index contributed by atoms with van der Waals surface area (Å²) in [5.41, 5.74) is 0. The molecule has 8 nitrogen and oxygen atoms in total. The molecule has 0 heterocycles. The molecule has 0 aromatic rings. The van der Waals surface area contributed by atoms with Crippen molar-refractivity contribution in [2.45, 2.75) is 200 Å². The van der Waals surface area contributed by atoms with Crippen LogP contribution in [0.25, 0.3) is 0 Å². The average molecular weight is 693 g/mol. The number of rotatable bonds is 34. The third-order valence-electron chi connectivity index (χ3n) is 8.13. The van der Waals surface area contributed by atoms with Gasteiger partial charge >= 0.3 is 164 Å². The van der Waals surface area contributed by atoms with E-state index < -0.39 is 39.2 Å². The van der Waals surface area contributed by atoms with E-state index in [9.17, 15) is 13.3 Å². The first kappa shape index (κ1) is 43.2. The van der Waals surface area contributed by atoms with Crippen molar-refractivity contribution in [2.24, 2.45) is 0 Å². The van der Waals surface area contributed by atoms with Crippen molar-refractivity contribution in [3.8, 4) is 0 Å². The Morgan fingerprint density at radius 1 is 0.500 bits per heavy atom. The Bertz CT molecular complexity index is 696. The molecule has 9 heteroatoms. The van der Waals surface area contributed by atoms with Crippen LogP contribution in [0, 0.1) is 0 Å². The maximum absolute atomic E-state index is 12.3. The van der Waals surface area contributed by atoms with Gasteiger partial charge in [-0.25, -0.2) is 0 Å². The Labute approximate surface area is 273 Å². The van der Waals surface area contributed by atoms with Crippen LogP contribution < -0.4 is 0 Å². The molecule has 0 spiro atoms. The number of carbonyl (C=O) groups is 2. The Morgan fingerprint density at radius 3 is 1.16 bits per heavy atom. The Kier molecular flexibility index (Phi) is 31.5. The fourth-order valence-electron chi connectivity index (χ4n) is 5.37. The van der Waals surface area contributed by atoms with Crippen LogP contribution in [0.15, 0.2) is 0 Å². The molecule has 1 unspecified atom stereocenters. The molecule has 0 saturated heterocycles. The van der Waals surface area contributed by atoms with Crippen LogP contribution in [0.2, 0.25) is 0 Å². The molecule has 0 saturated carbocycles. The first-order valence-electron chi connectivity index (χ1n) is 18.3. The quantitative estimate of drug-likeness (QED) is 0.0389. The van der Waals surface area contributed by atoms with E-state index in [0.29, 0.717) is 6.42 Å². The van der Waals surface area contributed by atoms with Gasteiger partial charge in [-0.2, -0.15) is 0 Å². The third-order valence-corrected chi connectivity index (χ3v) is 9.14. The SMILES string of the molecule is CCCCCCCCCCCCCCCC(=O)OCC(CO[As](=O)(O)O)OC(=O)CCCCCCCCCCCCCCC. The van der Waals surface area contributed by atoms with Gasteiger partial charge in [-0.15, -0.1) is 0 Å². The van der Waals surface area contributed by atoms with Gasteiger partial charge in [0.15, 0.2) is 0 Å². The smallest absolute Gasteiger partial charge is 0.0654 e. The molecule has 0 aromatic carbocycles. The van der Waals surface area contributed by atoms with E-state index in [4.69, 9.17) is 17.7 Å². The number of hydrogen-bond acceptors (Lipinski definition) is 6. The zero-order valence-electron chi connectivity index (χ0n) is 28.6. The van der Waals surface area contributed by atoms with Crippen molar-refractivity contribution in [2.75, 3.05) is 13.2 Å². The summed E-state index contributed by atoms with van der Waals surface area (Å²) in [6.07, 6.45) is 31.1. The molecule has 0 aliphatic heterocycles. The first-order valence-corrected chi connectivity index (χ1v) is 21.5. The summed E-state index contributed by atoms with van der Waals surface area (Å²) in [5, 5.41) is 0. The summed E-state index contributed by atoms with van der Waals surface area (Å²) in [5.74, 6) is -0.862. The van der Waals surface area contributed by atoms with E-state index in [1.807, 2.05) is 0 Å². The molecular formula is C35H69AsO8. The van der Waals surface area contributed by atoms with Crippen LogP contribution in [0.4, 0.5) is 0 Å². The van der Waals surface area contributed by atoms with Gasteiger partial charge in [0.1, 0.15) is 0 Å². The summed E-state index contributed by atoms with van der Waals surface area (Å²) in [7, 11) is 0. The molecule has 0 aliphatic rings. The summed E-state index contributed by atoms with van der Waals surface area (Å²) in [6, 6.07) is 0. The van der Waals surface area contributed by atoms with Crippen LogP contribution in [0.3, 0.4) is 0 Å². The number of esters is 2. The van der Waals surface area contributed by atoms with Crippen molar-refractivity contribution in [1.82, 2.24) is 0 Å². The van der Waals surface area contributed by atoms with Gasteiger partial charge in [-0.3, -0.25) is 0 Å². The Hall–Kier alpha value is -0.822. The summed E-state index contributed by atoms with van der Waals surface area (Å²) < 4.78 is 44.6. The van der Waals surface area contributed by atoms with Crippen molar-refractivity contribution in [3.63, 3.8) is 0 Å². The standard InChI is InChI=1S/C35H69AsO8/c1-3-5-7-9-11-13-15-17-19-21-23-25-27-29-34(37)42-31-33(32-43-36(39,40)41)44-35(38)30-28-26-24-22-20-18-16-14-12-10-8-6-4-2/h33H,3-32H2,1-2H3,(H2,39,40,41). The molecule has 0 aliphatic carbocycles. The molecule has 0 rings (SSSR count). The van der Waals surface area contributed by atoms with Gasteiger partial charge in [0.2, 0.25) is 0 Å². The Morgan fingerprint density at radius 2 is 0.818 bits per heavy atom. The molecule has 0 fully saturated rings. The van der Waals surface area contributed by atoms with Gasteiger partial charge in [0, 0.05) is 0 Å². The van der Waals surface area contributed by atoms with Crippen LogP contribution in [-0.2, 0) is 26.5 Å². The molecular weight excluding hydrogens is 623 g/mol. The fraction of sp³-hybridized carbons (Fsp3) is 0.943. The fourth-order valence-corrected chi connectivity index (χ4v) is 6.13. The second-order valence-corrected chi connectivity index (χ2v) is 15.2. The number of hydrogen-bond donors (Lipinski definition) is 2. The number of carbonyl (C=O) groups excluding carboxylic acids is 2. The minimum absolute atomic E-state index is 0.224. The van der Waals surface area contributed by atoms with Crippen LogP contribution in [0.5, 0.6) is 0 Å². The zero-order chi connectivity index (χ0) is 32.6. The topological polar surface area (TPSA) is 119 Å². The molecule has 0 amide bonds. The molecule has 1 atom stereocenters. The second kappa shape index (κ2) is 32.1. The van der Waals surface area contributed by atoms with E-state index in [-0.39, 0.29) is 19.4 Å². The van der Waals surface area contributed by atoms with E-state index in [0.717, 1.165) is 32.1 Å². The van der Waals surface area contributed by atoms with E-state index >= 15 is 0 Å². The molecule has 0 aromatic heterocycles. The normalized spacial score (nSPS) is 12.4. The van der Waals surface area contributed by atoms with E-state index in [1.165, 1.54) is 128 Å². The minimum atomic E-state index is -5.36. The average Bonchev–Trinajstić information content (AvgIpc) is 2.98. The van der Waals surface area contributed by atoms with Crippen LogP contribution >= 0.6 is 0 Å². The minimum Gasteiger partial charge on any atom is -0.0654 e. The van der Waals surface area contributed by atoms with Crippen molar-refractivity contribution < 1.29 is 34.7 Å². The van der Waals surface area contributed by atoms with Gasteiger partial charge < -0.3 is 0 Å². The predicted octanol–water partition coefficient (Wildman–Crippen LogP) is 9.27. The van der Waals surface area contributed by atoms with E-state index in [1.54, 1.807) is 0 Å². The number of unbranched alkanes of at least 4 members (excludes halogenated alkanes) is 24. The Balaban J connectivity index is 3.94. The monoisotopic (exact) mass is 692 g/mol. The van der Waals surface area contributed by atoms with Crippen molar-refractivity contribution >= 4 is 26.5 Å². The van der Waals surface area contributed by atoms with Crippen molar-refractivity contribution in [1.29, 1.82) is 0 Å². The third kappa shape index (κ3) is 34.1. The summed E-state index contributed by atoms with van der Waals surface area (Å²) >= 11 is -5.36. The molecule has 2 N–H and O–H groups in total. The van der Waals surface area contributed by atoms with Crippen LogP contribution in [0.1, 0.15) is 194 Å². The number of ether oxygens (including phenoxy) is 2. The van der Waals surface area contributed by atoms with Gasteiger partial charge in [-0.1, -0.05) is 110 Å². The van der Waals surface area contributed by atoms with Gasteiger partial charge in [0.25, 0.3) is 0 Å². The maximum atomic E-state index is 12.3. The molecule has 0 bridgehead atoms. The molecule has 262 valence electrons. The molecule has 0 radical (unpaired) electrons.